The number of hydrogen-bond acceptors (Lipinski definition) is 3. The first-order chi connectivity index (χ1) is 9.40. The zero-order chi connectivity index (χ0) is 15.1. The average molecular weight is 277 g/mol. The minimum atomic E-state index is -0.0553. The topological polar surface area (TPSA) is 75.4 Å². The molecule has 1 unspecified atom stereocenters. The molecule has 0 radical (unpaired) electrons. The molecule has 0 aromatic heterocycles. The van der Waals surface area contributed by atoms with Crippen LogP contribution in [0.3, 0.4) is 0 Å². The predicted molar refractivity (Wildman–Crippen MR) is 80.1 cm³/mol. The Labute approximate surface area is 120 Å². The van der Waals surface area contributed by atoms with Crippen LogP contribution in [0.2, 0.25) is 0 Å². The summed E-state index contributed by atoms with van der Waals surface area (Å²) in [4.78, 5) is 24.7. The fourth-order valence-corrected chi connectivity index (χ4v) is 1.72. The molecular weight excluding hydrogens is 254 g/mol. The van der Waals surface area contributed by atoms with E-state index in [1.54, 1.807) is 11.9 Å². The van der Waals surface area contributed by atoms with E-state index in [1.807, 2.05) is 31.2 Å². The Morgan fingerprint density at radius 3 is 2.60 bits per heavy atom. The molecule has 0 bridgehead atoms. The van der Waals surface area contributed by atoms with Crippen molar-refractivity contribution in [3.05, 3.63) is 29.8 Å². The second kappa shape index (κ2) is 7.65. The number of hydrogen-bond donors (Lipinski definition) is 2. The highest BCUT2D eigenvalue weighted by molar-refractivity contribution is 5.91. The van der Waals surface area contributed by atoms with Gasteiger partial charge < -0.3 is 16.0 Å². The van der Waals surface area contributed by atoms with E-state index in [9.17, 15) is 9.59 Å². The van der Waals surface area contributed by atoms with Gasteiger partial charge in [0.25, 0.3) is 0 Å². The van der Waals surface area contributed by atoms with Gasteiger partial charge >= 0.3 is 0 Å². The quantitative estimate of drug-likeness (QED) is 0.831. The van der Waals surface area contributed by atoms with Gasteiger partial charge in [0.1, 0.15) is 0 Å². The van der Waals surface area contributed by atoms with Crippen molar-refractivity contribution in [2.75, 3.05) is 12.4 Å². The Morgan fingerprint density at radius 2 is 2.00 bits per heavy atom. The predicted octanol–water partition coefficient (Wildman–Crippen LogP) is 1.73. The summed E-state index contributed by atoms with van der Waals surface area (Å²) in [5, 5.41) is 2.88. The normalized spacial score (nSPS) is 11.8. The third-order valence-corrected chi connectivity index (χ3v) is 3.06. The lowest BCUT2D eigenvalue weighted by atomic mass is 10.1. The summed E-state index contributed by atoms with van der Waals surface area (Å²) in [5.74, 6) is -0.0664. The first-order valence-corrected chi connectivity index (χ1v) is 6.75. The molecule has 1 aromatic rings. The molecule has 0 fully saturated rings. The maximum absolute atomic E-state index is 11.8. The summed E-state index contributed by atoms with van der Waals surface area (Å²) in [7, 11) is 1.73. The molecule has 0 aliphatic rings. The van der Waals surface area contributed by atoms with Gasteiger partial charge in [-0.25, -0.2) is 0 Å². The molecule has 0 heterocycles. The van der Waals surface area contributed by atoms with Crippen LogP contribution in [0.15, 0.2) is 24.3 Å². The lowest BCUT2D eigenvalue weighted by Crippen LogP contribution is -2.24. The number of anilines is 1. The van der Waals surface area contributed by atoms with Gasteiger partial charge in [-0.3, -0.25) is 9.59 Å². The Kier molecular flexibility index (Phi) is 6.18. The summed E-state index contributed by atoms with van der Waals surface area (Å²) in [6, 6.07) is 7.51. The fraction of sp³-hybridized carbons (Fsp3) is 0.467. The highest BCUT2D eigenvalue weighted by Crippen LogP contribution is 2.17. The van der Waals surface area contributed by atoms with Crippen LogP contribution in [0.5, 0.6) is 0 Å². The first-order valence-electron chi connectivity index (χ1n) is 6.75. The standard InChI is InChI=1S/C15H23N3O2/c1-11(16)8-9-15(20)17-14-7-5-4-6-13(14)10-18(3)12(2)19/h4-7,11H,8-10,16H2,1-3H3,(H,17,20). The molecule has 2 amide bonds. The van der Waals surface area contributed by atoms with E-state index in [4.69, 9.17) is 5.73 Å². The van der Waals surface area contributed by atoms with Crippen LogP contribution < -0.4 is 11.1 Å². The minimum Gasteiger partial charge on any atom is -0.342 e. The van der Waals surface area contributed by atoms with Gasteiger partial charge in [-0.15, -0.1) is 0 Å². The summed E-state index contributed by atoms with van der Waals surface area (Å²) in [6.07, 6.45) is 1.05. The molecule has 0 aliphatic carbocycles. The van der Waals surface area contributed by atoms with E-state index < -0.39 is 0 Å². The number of nitrogens with two attached hydrogens (primary N) is 1. The highest BCUT2D eigenvalue weighted by atomic mass is 16.2. The molecule has 3 N–H and O–H groups in total. The van der Waals surface area contributed by atoms with Crippen LogP contribution >= 0.6 is 0 Å². The van der Waals surface area contributed by atoms with Crippen LogP contribution in [0.25, 0.3) is 0 Å². The number of nitrogens with zero attached hydrogens (tertiary/aromatic N) is 1. The molecular formula is C15H23N3O2. The molecule has 5 heteroatoms. The summed E-state index contributed by atoms with van der Waals surface area (Å²) >= 11 is 0. The van der Waals surface area contributed by atoms with E-state index in [-0.39, 0.29) is 17.9 Å². The Balaban J connectivity index is 2.70. The molecule has 110 valence electrons. The number of carbonyl (C=O) groups excluding carboxylic acids is 2. The van der Waals surface area contributed by atoms with Crippen molar-refractivity contribution in [3.8, 4) is 0 Å². The lowest BCUT2D eigenvalue weighted by Gasteiger charge is -2.18. The molecule has 1 atom stereocenters. The lowest BCUT2D eigenvalue weighted by molar-refractivity contribution is -0.128. The number of carbonyl (C=O) groups is 2. The van der Waals surface area contributed by atoms with E-state index in [0.29, 0.717) is 19.4 Å². The maximum Gasteiger partial charge on any atom is 0.224 e. The molecule has 0 saturated carbocycles. The maximum atomic E-state index is 11.8. The largest absolute Gasteiger partial charge is 0.342 e. The van der Waals surface area contributed by atoms with Crippen LogP contribution in [0, 0.1) is 0 Å². The molecule has 0 spiro atoms. The third kappa shape index (κ3) is 5.40. The monoisotopic (exact) mass is 277 g/mol. The van der Waals surface area contributed by atoms with E-state index in [2.05, 4.69) is 5.32 Å². The number of nitrogens with one attached hydrogen (secondary N) is 1. The molecule has 1 aromatic carbocycles. The first kappa shape index (κ1) is 16.2. The van der Waals surface area contributed by atoms with Crippen LogP contribution in [-0.2, 0) is 16.1 Å². The highest BCUT2D eigenvalue weighted by Gasteiger charge is 2.10. The van der Waals surface area contributed by atoms with E-state index in [0.717, 1.165) is 11.3 Å². The van der Waals surface area contributed by atoms with Gasteiger partial charge in [0.05, 0.1) is 0 Å². The van der Waals surface area contributed by atoms with Gasteiger partial charge in [-0.1, -0.05) is 18.2 Å². The SMILES string of the molecule is CC(=O)N(C)Cc1ccccc1NC(=O)CCC(C)N. The van der Waals surface area contributed by atoms with Gasteiger partial charge in [0, 0.05) is 38.7 Å². The Morgan fingerprint density at radius 1 is 1.35 bits per heavy atom. The van der Waals surface area contributed by atoms with Gasteiger partial charge in [0.15, 0.2) is 0 Å². The molecule has 20 heavy (non-hydrogen) atoms. The van der Waals surface area contributed by atoms with Crippen molar-refractivity contribution in [1.29, 1.82) is 0 Å². The van der Waals surface area contributed by atoms with Crippen molar-refractivity contribution < 1.29 is 9.59 Å². The van der Waals surface area contributed by atoms with Crippen molar-refractivity contribution in [2.24, 2.45) is 5.73 Å². The summed E-state index contributed by atoms with van der Waals surface area (Å²) in [6.45, 7) is 3.87. The number of benzene rings is 1. The van der Waals surface area contributed by atoms with Crippen molar-refractivity contribution in [3.63, 3.8) is 0 Å². The van der Waals surface area contributed by atoms with E-state index >= 15 is 0 Å². The molecule has 0 saturated heterocycles. The molecule has 5 nitrogen and oxygen atoms in total. The third-order valence-electron chi connectivity index (χ3n) is 3.06. The zero-order valence-electron chi connectivity index (χ0n) is 12.3. The summed E-state index contributed by atoms with van der Waals surface area (Å²) < 4.78 is 0. The minimum absolute atomic E-state index is 0.0110. The van der Waals surface area contributed by atoms with Crippen molar-refractivity contribution in [1.82, 2.24) is 4.90 Å². The average Bonchev–Trinajstić information content (AvgIpc) is 2.38. The smallest absolute Gasteiger partial charge is 0.224 e. The van der Waals surface area contributed by atoms with Gasteiger partial charge in [0.2, 0.25) is 11.8 Å². The second-order valence-corrected chi connectivity index (χ2v) is 5.10. The van der Waals surface area contributed by atoms with Gasteiger partial charge in [-0.05, 0) is 25.0 Å². The fourth-order valence-electron chi connectivity index (χ4n) is 1.72. The number of amides is 2. The van der Waals surface area contributed by atoms with Gasteiger partial charge in [-0.2, -0.15) is 0 Å². The Bertz CT molecular complexity index is 472. The molecule has 0 aliphatic heterocycles. The number of rotatable bonds is 6. The summed E-state index contributed by atoms with van der Waals surface area (Å²) in [5.41, 5.74) is 7.30. The Hall–Kier alpha value is -1.88. The van der Waals surface area contributed by atoms with E-state index in [1.165, 1.54) is 6.92 Å². The van der Waals surface area contributed by atoms with Crippen LogP contribution in [0.4, 0.5) is 5.69 Å². The molecule has 1 rings (SSSR count). The van der Waals surface area contributed by atoms with Crippen molar-refractivity contribution in [2.45, 2.75) is 39.3 Å². The number of para-hydroxylation sites is 1. The van der Waals surface area contributed by atoms with Crippen molar-refractivity contribution >= 4 is 17.5 Å². The van der Waals surface area contributed by atoms with Crippen LogP contribution in [-0.4, -0.2) is 29.8 Å². The second-order valence-electron chi connectivity index (χ2n) is 5.10. The zero-order valence-corrected chi connectivity index (χ0v) is 12.3. The van der Waals surface area contributed by atoms with Crippen LogP contribution in [0.1, 0.15) is 32.3 Å².